The molecule has 0 aliphatic heterocycles. The van der Waals surface area contributed by atoms with Crippen molar-refractivity contribution in [1.29, 1.82) is 0 Å². The highest BCUT2D eigenvalue weighted by Gasteiger charge is 2.30. The number of carbonyl (C=O) groups is 4. The fourth-order valence-corrected chi connectivity index (χ4v) is 12.0. The minimum absolute atomic E-state index is 0.0813. The lowest BCUT2D eigenvalue weighted by Gasteiger charge is -2.21. The van der Waals surface area contributed by atoms with Crippen LogP contribution in [0.15, 0.2) is 48.6 Å². The van der Waals surface area contributed by atoms with Crippen molar-refractivity contribution in [3.63, 3.8) is 0 Å². The third-order valence-corrected chi connectivity index (χ3v) is 18.1. The van der Waals surface area contributed by atoms with Gasteiger partial charge >= 0.3 is 39.5 Å². The van der Waals surface area contributed by atoms with Crippen LogP contribution in [0.3, 0.4) is 0 Å². The number of aliphatic hydroxyl groups excluding tert-OH is 1. The topological polar surface area (TPSA) is 237 Å². The summed E-state index contributed by atoms with van der Waals surface area (Å²) in [6.07, 6.45) is 58.6. The van der Waals surface area contributed by atoms with Crippen LogP contribution in [-0.4, -0.2) is 96.7 Å². The maximum absolute atomic E-state index is 13.1. The molecule has 0 rings (SSSR count). The summed E-state index contributed by atoms with van der Waals surface area (Å²) in [5.74, 6) is -0.729. The van der Waals surface area contributed by atoms with Crippen molar-refractivity contribution < 1.29 is 80.2 Å². The molecule has 0 saturated carbocycles. The highest BCUT2D eigenvalue weighted by Crippen LogP contribution is 2.45. The molecule has 550 valence electrons. The van der Waals surface area contributed by atoms with Gasteiger partial charge in [0.25, 0.3) is 0 Å². The van der Waals surface area contributed by atoms with Crippen LogP contribution in [-0.2, 0) is 65.4 Å². The van der Waals surface area contributed by atoms with Crippen molar-refractivity contribution in [1.82, 2.24) is 0 Å². The molecule has 17 nitrogen and oxygen atoms in total. The minimum Gasteiger partial charge on any atom is -0.462 e. The van der Waals surface area contributed by atoms with E-state index in [2.05, 4.69) is 90.2 Å². The first-order valence-corrected chi connectivity index (χ1v) is 40.6. The molecule has 0 amide bonds. The summed E-state index contributed by atoms with van der Waals surface area (Å²) in [5, 5.41) is 10.6. The van der Waals surface area contributed by atoms with Gasteiger partial charge in [-0.15, -0.1) is 0 Å². The van der Waals surface area contributed by atoms with E-state index in [0.717, 1.165) is 128 Å². The van der Waals surface area contributed by atoms with Gasteiger partial charge in [0, 0.05) is 25.7 Å². The second kappa shape index (κ2) is 65.9. The van der Waals surface area contributed by atoms with Gasteiger partial charge in [-0.3, -0.25) is 37.3 Å². The molecule has 19 heteroatoms. The van der Waals surface area contributed by atoms with Crippen LogP contribution < -0.4 is 0 Å². The zero-order valence-corrected chi connectivity index (χ0v) is 62.0. The van der Waals surface area contributed by atoms with E-state index in [4.69, 9.17) is 37.0 Å². The normalized spacial score (nSPS) is 14.4. The summed E-state index contributed by atoms with van der Waals surface area (Å²) < 4.78 is 68.3. The molecule has 2 unspecified atom stereocenters. The lowest BCUT2D eigenvalue weighted by Crippen LogP contribution is -2.30. The molecule has 0 radical (unpaired) electrons. The number of ether oxygens (including phenoxy) is 4. The number of carbonyl (C=O) groups excluding carboxylic acids is 4. The van der Waals surface area contributed by atoms with Crippen molar-refractivity contribution in [2.45, 2.75) is 355 Å². The molecule has 0 aromatic rings. The average molecular weight is 1370 g/mol. The number of esters is 4. The largest absolute Gasteiger partial charge is 0.472 e. The van der Waals surface area contributed by atoms with Crippen LogP contribution in [0.5, 0.6) is 0 Å². The molecular weight excluding hydrogens is 1230 g/mol. The summed E-state index contributed by atoms with van der Waals surface area (Å²) in [6, 6.07) is 0. The Hall–Kier alpha value is -2.98. The fraction of sp³-hybridized carbons (Fsp3) is 0.840. The molecule has 0 saturated heterocycles. The fourth-order valence-electron chi connectivity index (χ4n) is 10.4. The lowest BCUT2D eigenvalue weighted by molar-refractivity contribution is -0.161. The van der Waals surface area contributed by atoms with E-state index in [9.17, 15) is 43.2 Å². The zero-order valence-electron chi connectivity index (χ0n) is 60.2. The molecule has 0 aromatic carbocycles. The first kappa shape index (κ1) is 91.0. The zero-order chi connectivity index (χ0) is 69.3. The van der Waals surface area contributed by atoms with Gasteiger partial charge in [-0.25, -0.2) is 9.13 Å². The van der Waals surface area contributed by atoms with Crippen molar-refractivity contribution in [2.24, 2.45) is 11.8 Å². The number of phosphoric acid groups is 2. The van der Waals surface area contributed by atoms with Gasteiger partial charge in [-0.2, -0.15) is 0 Å². The molecular formula is C75H138O17P2. The molecule has 0 aliphatic carbocycles. The molecule has 0 spiro atoms. The number of allylic oxidation sites excluding steroid dienone is 8. The molecule has 3 N–H and O–H groups in total. The molecule has 0 aliphatic rings. The smallest absolute Gasteiger partial charge is 0.462 e. The van der Waals surface area contributed by atoms with Crippen LogP contribution in [0.25, 0.3) is 0 Å². The van der Waals surface area contributed by atoms with E-state index < -0.39 is 97.5 Å². The Labute approximate surface area is 572 Å². The Balaban J connectivity index is 5.31. The van der Waals surface area contributed by atoms with Crippen LogP contribution >= 0.6 is 15.6 Å². The maximum Gasteiger partial charge on any atom is 0.472 e. The van der Waals surface area contributed by atoms with Crippen LogP contribution in [0, 0.1) is 11.8 Å². The van der Waals surface area contributed by atoms with E-state index in [-0.39, 0.29) is 25.7 Å². The monoisotopic (exact) mass is 1370 g/mol. The van der Waals surface area contributed by atoms with Crippen molar-refractivity contribution in [3.05, 3.63) is 48.6 Å². The number of hydrogen-bond donors (Lipinski definition) is 3. The Bertz CT molecular complexity index is 2010. The molecule has 0 bridgehead atoms. The summed E-state index contributed by atoms with van der Waals surface area (Å²) in [4.78, 5) is 72.7. The average Bonchev–Trinajstić information content (AvgIpc) is 1.13. The van der Waals surface area contributed by atoms with E-state index in [0.29, 0.717) is 31.6 Å². The van der Waals surface area contributed by atoms with Gasteiger partial charge in [0.05, 0.1) is 26.4 Å². The van der Waals surface area contributed by atoms with Gasteiger partial charge in [-0.05, 0) is 88.9 Å². The summed E-state index contributed by atoms with van der Waals surface area (Å²) in [6.45, 7) is 9.37. The Morgan fingerprint density at radius 3 is 0.862 bits per heavy atom. The van der Waals surface area contributed by atoms with E-state index in [1.807, 2.05) is 0 Å². The third kappa shape index (κ3) is 67.6. The first-order valence-electron chi connectivity index (χ1n) is 37.6. The quantitative estimate of drug-likeness (QED) is 0.0169. The van der Waals surface area contributed by atoms with Crippen LogP contribution in [0.2, 0.25) is 0 Å². The highest BCUT2D eigenvalue weighted by atomic mass is 31.2. The number of unbranched alkanes of at least 4 members (excludes halogenated alkanes) is 34. The Morgan fingerprint density at radius 2 is 0.574 bits per heavy atom. The molecule has 94 heavy (non-hydrogen) atoms. The van der Waals surface area contributed by atoms with Crippen molar-refractivity contribution in [3.8, 4) is 0 Å². The van der Waals surface area contributed by atoms with Crippen LogP contribution in [0.1, 0.15) is 337 Å². The molecule has 5 atom stereocenters. The van der Waals surface area contributed by atoms with Gasteiger partial charge in [0.15, 0.2) is 12.2 Å². The van der Waals surface area contributed by atoms with Crippen LogP contribution in [0.4, 0.5) is 0 Å². The van der Waals surface area contributed by atoms with Gasteiger partial charge in [-0.1, -0.05) is 283 Å². The Kier molecular flexibility index (Phi) is 63.8. The third-order valence-electron chi connectivity index (χ3n) is 16.2. The van der Waals surface area contributed by atoms with Crippen molar-refractivity contribution >= 4 is 39.5 Å². The molecule has 0 heterocycles. The van der Waals surface area contributed by atoms with E-state index >= 15 is 0 Å². The number of rotatable bonds is 70. The number of phosphoric ester groups is 2. The SMILES string of the molecule is CCCCCC/C=C\C=C/CCCCCCCC(=O)O[C@H](COC(=O)CCCCCCCCCCCCCCC(C)C)COP(=O)(O)OC[C@@H](O)COP(=O)(O)OC[C@@H](COC(=O)CCCCCCCCC(C)C)OC(=O)CCCCCCC/C=C\C=C/CCCCCC. The molecule has 0 aromatic heterocycles. The first-order chi connectivity index (χ1) is 45.4. The van der Waals surface area contributed by atoms with E-state index in [1.165, 1.54) is 122 Å². The molecule has 0 fully saturated rings. The van der Waals surface area contributed by atoms with Gasteiger partial charge in [0.1, 0.15) is 19.3 Å². The summed E-state index contributed by atoms with van der Waals surface area (Å²) >= 11 is 0. The highest BCUT2D eigenvalue weighted by molar-refractivity contribution is 7.47. The summed E-state index contributed by atoms with van der Waals surface area (Å²) in [7, 11) is -9.93. The predicted octanol–water partition coefficient (Wildman–Crippen LogP) is 21.0. The second-order valence-corrected chi connectivity index (χ2v) is 29.5. The lowest BCUT2D eigenvalue weighted by atomic mass is 10.0. The van der Waals surface area contributed by atoms with Gasteiger partial charge < -0.3 is 33.8 Å². The van der Waals surface area contributed by atoms with Crippen molar-refractivity contribution in [2.75, 3.05) is 39.6 Å². The second-order valence-electron chi connectivity index (χ2n) is 26.6. The minimum atomic E-state index is -4.97. The summed E-state index contributed by atoms with van der Waals surface area (Å²) in [5.41, 5.74) is 0. The number of aliphatic hydroxyl groups is 1. The Morgan fingerprint density at radius 1 is 0.330 bits per heavy atom. The maximum atomic E-state index is 13.1. The predicted molar refractivity (Wildman–Crippen MR) is 381 cm³/mol. The van der Waals surface area contributed by atoms with E-state index in [1.54, 1.807) is 0 Å². The number of hydrogen-bond acceptors (Lipinski definition) is 15. The van der Waals surface area contributed by atoms with Gasteiger partial charge in [0.2, 0.25) is 0 Å². The standard InChI is InChI=1S/C75H138O17P2/c1-7-9-11-13-15-17-19-21-23-25-31-35-39-47-53-59-74(79)91-70(63-85-72(77)57-51-45-38-34-30-28-27-29-33-37-43-49-55-67(3)4)65-89-93(81,82)87-61-69(76)62-88-94(83,84)90-66-71(64-86-73(78)58-52-46-42-41-44-50-56-68(5)6)92-75(80)60-54-48-40-36-32-26-24-22-20-18-16-14-12-10-8-2/h17-24,67-71,76H,7-16,25-66H2,1-6H3,(H,81,82)(H,83,84)/b19-17-,20-18-,23-21-,24-22-/t69-,70-,71-/m1/s1.